The minimum absolute atomic E-state index is 0.266. The third-order valence-electron chi connectivity index (χ3n) is 3.25. The summed E-state index contributed by atoms with van der Waals surface area (Å²) in [5.74, 6) is -1.64. The van der Waals surface area contributed by atoms with E-state index in [0.29, 0.717) is 39.1 Å². The van der Waals surface area contributed by atoms with Crippen LogP contribution in [0.4, 0.5) is 4.79 Å². The van der Waals surface area contributed by atoms with Gasteiger partial charge >= 0.3 is 18.0 Å². The highest BCUT2D eigenvalue weighted by Gasteiger charge is 2.22. The standard InChI is InChI=1S/C12H21N3O6/c1-21-10(17)2-3-14-4-6-15(7-5-14)12(20)13-8-9(16)11(18)19/h9,16H,2-8H2,1H3,(H,13,20)(H,18,19). The molecule has 0 aromatic carbocycles. The number of aliphatic hydroxyl groups is 1. The van der Waals surface area contributed by atoms with E-state index in [1.807, 2.05) is 4.90 Å². The van der Waals surface area contributed by atoms with Gasteiger partial charge < -0.3 is 25.2 Å². The molecule has 1 aliphatic heterocycles. The lowest BCUT2D eigenvalue weighted by Gasteiger charge is -2.34. The molecule has 1 fully saturated rings. The second-order valence-electron chi connectivity index (χ2n) is 4.69. The summed E-state index contributed by atoms with van der Waals surface area (Å²) in [5, 5.41) is 20.0. The number of ether oxygens (including phenoxy) is 1. The van der Waals surface area contributed by atoms with Gasteiger partial charge in [0.25, 0.3) is 0 Å². The van der Waals surface area contributed by atoms with E-state index >= 15 is 0 Å². The highest BCUT2D eigenvalue weighted by atomic mass is 16.5. The Morgan fingerprint density at radius 1 is 1.24 bits per heavy atom. The van der Waals surface area contributed by atoms with Crippen LogP contribution in [0, 0.1) is 0 Å². The van der Waals surface area contributed by atoms with Crippen molar-refractivity contribution in [2.24, 2.45) is 0 Å². The molecule has 1 saturated heterocycles. The zero-order valence-electron chi connectivity index (χ0n) is 11.9. The van der Waals surface area contributed by atoms with Gasteiger partial charge in [0, 0.05) is 32.7 Å². The van der Waals surface area contributed by atoms with Gasteiger partial charge in [-0.15, -0.1) is 0 Å². The average molecular weight is 303 g/mol. The normalized spacial score (nSPS) is 17.1. The first kappa shape index (κ1) is 17.2. The van der Waals surface area contributed by atoms with Crippen molar-refractivity contribution in [3.8, 4) is 0 Å². The van der Waals surface area contributed by atoms with Gasteiger partial charge in [0.2, 0.25) is 0 Å². The molecule has 1 rings (SSSR count). The summed E-state index contributed by atoms with van der Waals surface area (Å²) in [6.07, 6.45) is -1.29. The Balaban J connectivity index is 2.24. The zero-order valence-corrected chi connectivity index (χ0v) is 11.9. The minimum Gasteiger partial charge on any atom is -0.479 e. The van der Waals surface area contributed by atoms with Gasteiger partial charge in [0.05, 0.1) is 20.1 Å². The second kappa shape index (κ2) is 8.42. The number of carbonyl (C=O) groups excluding carboxylic acids is 2. The lowest BCUT2D eigenvalue weighted by molar-refractivity contribution is -0.146. The smallest absolute Gasteiger partial charge is 0.334 e. The van der Waals surface area contributed by atoms with Crippen molar-refractivity contribution in [3.05, 3.63) is 0 Å². The first-order valence-electron chi connectivity index (χ1n) is 6.67. The molecule has 0 aromatic rings. The van der Waals surface area contributed by atoms with Gasteiger partial charge in [-0.1, -0.05) is 0 Å². The first-order valence-corrected chi connectivity index (χ1v) is 6.67. The molecule has 120 valence electrons. The number of methoxy groups -OCH3 is 1. The van der Waals surface area contributed by atoms with Gasteiger partial charge in [-0.05, 0) is 0 Å². The average Bonchev–Trinajstić information content (AvgIpc) is 2.50. The molecule has 0 bridgehead atoms. The molecule has 0 aliphatic carbocycles. The number of hydrogen-bond donors (Lipinski definition) is 3. The van der Waals surface area contributed by atoms with E-state index in [1.165, 1.54) is 7.11 Å². The van der Waals surface area contributed by atoms with Crippen LogP contribution in [0.15, 0.2) is 0 Å². The van der Waals surface area contributed by atoms with E-state index in [2.05, 4.69) is 10.1 Å². The Morgan fingerprint density at radius 3 is 2.38 bits per heavy atom. The van der Waals surface area contributed by atoms with Crippen LogP contribution in [0.2, 0.25) is 0 Å². The van der Waals surface area contributed by atoms with Gasteiger partial charge in [-0.2, -0.15) is 0 Å². The molecule has 1 unspecified atom stereocenters. The lowest BCUT2D eigenvalue weighted by atomic mass is 10.3. The van der Waals surface area contributed by atoms with E-state index in [1.54, 1.807) is 4.90 Å². The molecule has 0 aromatic heterocycles. The van der Waals surface area contributed by atoms with Crippen LogP contribution in [0.1, 0.15) is 6.42 Å². The third-order valence-corrected chi connectivity index (χ3v) is 3.25. The second-order valence-corrected chi connectivity index (χ2v) is 4.69. The highest BCUT2D eigenvalue weighted by molar-refractivity contribution is 5.76. The number of carboxylic acids is 1. The number of aliphatic hydroxyl groups excluding tert-OH is 1. The Hall–Kier alpha value is -1.87. The van der Waals surface area contributed by atoms with Crippen LogP contribution >= 0.6 is 0 Å². The van der Waals surface area contributed by atoms with Crippen LogP contribution in [-0.4, -0.2) is 90.5 Å². The van der Waals surface area contributed by atoms with Crippen molar-refractivity contribution in [1.82, 2.24) is 15.1 Å². The Kier molecular flexibility index (Phi) is 6.89. The van der Waals surface area contributed by atoms with Crippen molar-refractivity contribution >= 4 is 18.0 Å². The summed E-state index contributed by atoms with van der Waals surface area (Å²) in [7, 11) is 1.34. The maximum absolute atomic E-state index is 11.8. The van der Waals surface area contributed by atoms with Crippen molar-refractivity contribution in [1.29, 1.82) is 0 Å². The fourth-order valence-corrected chi connectivity index (χ4v) is 1.91. The fourth-order valence-electron chi connectivity index (χ4n) is 1.91. The molecule has 1 aliphatic rings. The number of amides is 2. The molecule has 0 spiro atoms. The predicted molar refractivity (Wildman–Crippen MR) is 71.7 cm³/mol. The van der Waals surface area contributed by atoms with Crippen LogP contribution in [0.3, 0.4) is 0 Å². The summed E-state index contributed by atoms with van der Waals surface area (Å²) in [4.78, 5) is 36.8. The van der Waals surface area contributed by atoms with E-state index in [-0.39, 0.29) is 12.5 Å². The molecule has 21 heavy (non-hydrogen) atoms. The number of urea groups is 1. The molecule has 0 saturated carbocycles. The summed E-state index contributed by atoms with van der Waals surface area (Å²) >= 11 is 0. The van der Waals surface area contributed by atoms with E-state index in [9.17, 15) is 14.4 Å². The molecule has 1 atom stereocenters. The number of nitrogens with one attached hydrogen (secondary N) is 1. The maximum Gasteiger partial charge on any atom is 0.334 e. The number of carboxylic acid groups (broad SMARTS) is 1. The predicted octanol–water partition coefficient (Wildman–Crippen LogP) is -1.68. The van der Waals surface area contributed by atoms with Crippen molar-refractivity contribution in [2.45, 2.75) is 12.5 Å². The molecule has 3 N–H and O–H groups in total. The van der Waals surface area contributed by atoms with Gasteiger partial charge in [-0.3, -0.25) is 9.69 Å². The van der Waals surface area contributed by atoms with Gasteiger partial charge in [-0.25, -0.2) is 9.59 Å². The number of nitrogens with zero attached hydrogens (tertiary/aromatic N) is 2. The quantitative estimate of drug-likeness (QED) is 0.501. The fraction of sp³-hybridized carbons (Fsp3) is 0.750. The molecule has 9 nitrogen and oxygen atoms in total. The van der Waals surface area contributed by atoms with Crippen LogP contribution in [-0.2, 0) is 14.3 Å². The van der Waals surface area contributed by atoms with Crippen LogP contribution < -0.4 is 5.32 Å². The molecule has 0 radical (unpaired) electrons. The molecule has 9 heteroatoms. The maximum atomic E-state index is 11.8. The molecular formula is C12H21N3O6. The summed E-state index contributed by atoms with van der Waals surface area (Å²) in [6.45, 7) is 2.49. The number of esters is 1. The van der Waals surface area contributed by atoms with Crippen LogP contribution in [0.25, 0.3) is 0 Å². The Morgan fingerprint density at radius 2 is 1.86 bits per heavy atom. The van der Waals surface area contributed by atoms with Gasteiger partial charge in [0.1, 0.15) is 0 Å². The van der Waals surface area contributed by atoms with Crippen LogP contribution in [0.5, 0.6) is 0 Å². The highest BCUT2D eigenvalue weighted by Crippen LogP contribution is 2.03. The number of aliphatic carboxylic acids is 1. The zero-order chi connectivity index (χ0) is 15.8. The van der Waals surface area contributed by atoms with E-state index in [4.69, 9.17) is 10.2 Å². The minimum atomic E-state index is -1.60. The first-order chi connectivity index (χ1) is 9.93. The van der Waals surface area contributed by atoms with Crippen molar-refractivity contribution in [3.63, 3.8) is 0 Å². The van der Waals surface area contributed by atoms with E-state index < -0.39 is 18.1 Å². The topological polar surface area (TPSA) is 119 Å². The Bertz CT molecular complexity index is 381. The monoisotopic (exact) mass is 303 g/mol. The summed E-state index contributed by atoms with van der Waals surface area (Å²) < 4.78 is 4.56. The SMILES string of the molecule is COC(=O)CCN1CCN(C(=O)NCC(O)C(=O)O)CC1. The number of carbonyl (C=O) groups is 3. The summed E-state index contributed by atoms with van der Waals surface area (Å²) in [5.41, 5.74) is 0. The third kappa shape index (κ3) is 5.96. The summed E-state index contributed by atoms with van der Waals surface area (Å²) in [6, 6.07) is -0.400. The van der Waals surface area contributed by atoms with Crippen molar-refractivity contribution < 1.29 is 29.3 Å². The van der Waals surface area contributed by atoms with Gasteiger partial charge in [0.15, 0.2) is 6.10 Å². The van der Waals surface area contributed by atoms with Crippen molar-refractivity contribution in [2.75, 3.05) is 46.4 Å². The number of piperazine rings is 1. The number of rotatable bonds is 6. The largest absolute Gasteiger partial charge is 0.479 e. The van der Waals surface area contributed by atoms with E-state index in [0.717, 1.165) is 0 Å². The number of hydrogen-bond acceptors (Lipinski definition) is 6. The molecular weight excluding hydrogens is 282 g/mol. The Labute approximate surface area is 122 Å². The lowest BCUT2D eigenvalue weighted by Crippen LogP contribution is -2.53. The molecule has 2 amide bonds. The molecule has 1 heterocycles.